The van der Waals surface area contributed by atoms with Crippen molar-refractivity contribution < 1.29 is 9.53 Å². The minimum atomic E-state index is 0. The molecule has 1 unspecified atom stereocenters. The molecule has 0 bridgehead atoms. The van der Waals surface area contributed by atoms with Crippen LogP contribution in [0.25, 0.3) is 0 Å². The highest BCUT2D eigenvalue weighted by molar-refractivity contribution is 5.94. The maximum absolute atomic E-state index is 12.3. The van der Waals surface area contributed by atoms with Crippen molar-refractivity contribution in [1.82, 2.24) is 5.32 Å². The number of ether oxygens (including phenoxy) is 1. The summed E-state index contributed by atoms with van der Waals surface area (Å²) < 4.78 is 6.06. The maximum atomic E-state index is 12.3. The van der Waals surface area contributed by atoms with Crippen molar-refractivity contribution in [1.29, 1.82) is 0 Å². The summed E-state index contributed by atoms with van der Waals surface area (Å²) in [6, 6.07) is 7.77. The van der Waals surface area contributed by atoms with Crippen LogP contribution in [0.1, 0.15) is 32.6 Å². The first-order valence-corrected chi connectivity index (χ1v) is 8.01. The number of para-hydroxylation sites is 2. The molecule has 4 nitrogen and oxygen atoms in total. The second kappa shape index (κ2) is 7.84. The summed E-state index contributed by atoms with van der Waals surface area (Å²) in [4.78, 5) is 12.3. The van der Waals surface area contributed by atoms with E-state index in [4.69, 9.17) is 4.74 Å². The monoisotopic (exact) mass is 324 g/mol. The number of carbonyl (C=O) groups is 1. The van der Waals surface area contributed by atoms with Crippen LogP contribution in [0.2, 0.25) is 0 Å². The molecular weight excluding hydrogens is 300 g/mol. The summed E-state index contributed by atoms with van der Waals surface area (Å²) in [5, 5.41) is 6.26. The van der Waals surface area contributed by atoms with E-state index < -0.39 is 0 Å². The molecular formula is C17H25ClN2O2. The third-order valence-electron chi connectivity index (χ3n) is 4.67. The number of benzene rings is 1. The average Bonchev–Trinajstić information content (AvgIpc) is 2.92. The molecule has 1 saturated carbocycles. The molecule has 2 N–H and O–H groups in total. The van der Waals surface area contributed by atoms with Crippen molar-refractivity contribution in [3.63, 3.8) is 0 Å². The van der Waals surface area contributed by atoms with Crippen LogP contribution in [0.3, 0.4) is 0 Å². The van der Waals surface area contributed by atoms with E-state index in [-0.39, 0.29) is 24.2 Å². The van der Waals surface area contributed by atoms with Crippen molar-refractivity contribution in [3.05, 3.63) is 24.3 Å². The first-order chi connectivity index (χ1) is 10.2. The Hall–Kier alpha value is -1.26. The van der Waals surface area contributed by atoms with Crippen LogP contribution in [-0.4, -0.2) is 25.1 Å². The number of nitrogens with one attached hydrogen (secondary N) is 2. The molecule has 2 aliphatic rings. The topological polar surface area (TPSA) is 50.4 Å². The predicted octanol–water partition coefficient (Wildman–Crippen LogP) is 3.22. The van der Waals surface area contributed by atoms with Gasteiger partial charge in [-0.1, -0.05) is 19.1 Å². The molecule has 0 spiro atoms. The fourth-order valence-corrected chi connectivity index (χ4v) is 2.98. The molecule has 22 heavy (non-hydrogen) atoms. The van der Waals surface area contributed by atoms with Crippen molar-refractivity contribution in [2.24, 2.45) is 11.8 Å². The summed E-state index contributed by atoms with van der Waals surface area (Å²) in [7, 11) is 0. The van der Waals surface area contributed by atoms with Gasteiger partial charge in [0.05, 0.1) is 11.8 Å². The number of carbonyl (C=O) groups excluding carboxylic acids is 1. The number of anilines is 1. The molecule has 2 fully saturated rings. The lowest BCUT2D eigenvalue weighted by Crippen LogP contribution is -2.48. The van der Waals surface area contributed by atoms with E-state index in [1.54, 1.807) is 0 Å². The van der Waals surface area contributed by atoms with Gasteiger partial charge in [-0.2, -0.15) is 0 Å². The van der Waals surface area contributed by atoms with Crippen LogP contribution in [0.5, 0.6) is 5.75 Å². The van der Waals surface area contributed by atoms with Crippen molar-refractivity contribution in [3.8, 4) is 5.75 Å². The molecule has 1 heterocycles. The molecule has 1 amide bonds. The number of rotatable bonds is 5. The average molecular weight is 325 g/mol. The lowest BCUT2D eigenvalue weighted by molar-refractivity contribution is -0.121. The van der Waals surface area contributed by atoms with Crippen LogP contribution in [0.15, 0.2) is 24.3 Å². The smallest absolute Gasteiger partial charge is 0.227 e. The van der Waals surface area contributed by atoms with Crippen molar-refractivity contribution in [2.45, 2.75) is 38.7 Å². The molecule has 1 aliphatic heterocycles. The summed E-state index contributed by atoms with van der Waals surface area (Å²) in [5.74, 6) is 1.37. The van der Waals surface area contributed by atoms with Gasteiger partial charge < -0.3 is 15.4 Å². The fraction of sp³-hybridized carbons (Fsp3) is 0.588. The van der Waals surface area contributed by atoms with Crippen molar-refractivity contribution in [2.75, 3.05) is 18.4 Å². The normalized spacial score (nSPS) is 19.9. The van der Waals surface area contributed by atoms with Gasteiger partial charge in [0.15, 0.2) is 0 Å². The van der Waals surface area contributed by atoms with Crippen LogP contribution in [0.4, 0.5) is 5.69 Å². The Morgan fingerprint density at radius 2 is 1.95 bits per heavy atom. The van der Waals surface area contributed by atoms with Gasteiger partial charge in [-0.25, -0.2) is 0 Å². The molecule has 0 radical (unpaired) electrons. The van der Waals surface area contributed by atoms with Gasteiger partial charge >= 0.3 is 0 Å². The highest BCUT2D eigenvalue weighted by atomic mass is 35.5. The molecule has 1 aromatic rings. The van der Waals surface area contributed by atoms with E-state index in [1.807, 2.05) is 31.2 Å². The third-order valence-corrected chi connectivity index (χ3v) is 4.67. The Morgan fingerprint density at radius 3 is 2.59 bits per heavy atom. The van der Waals surface area contributed by atoms with Crippen LogP contribution in [0, 0.1) is 11.8 Å². The van der Waals surface area contributed by atoms with Gasteiger partial charge in [-0.3, -0.25) is 4.79 Å². The van der Waals surface area contributed by atoms with E-state index in [1.165, 1.54) is 12.8 Å². The van der Waals surface area contributed by atoms with Crippen LogP contribution in [-0.2, 0) is 4.79 Å². The largest absolute Gasteiger partial charge is 0.488 e. The van der Waals surface area contributed by atoms with Crippen molar-refractivity contribution >= 4 is 24.0 Å². The Bertz CT molecular complexity index is 499. The highest BCUT2D eigenvalue weighted by Gasteiger charge is 2.29. The quantitative estimate of drug-likeness (QED) is 0.874. The second-order valence-corrected chi connectivity index (χ2v) is 6.22. The fourth-order valence-electron chi connectivity index (χ4n) is 2.98. The van der Waals surface area contributed by atoms with Crippen LogP contribution >= 0.6 is 12.4 Å². The standard InChI is InChI=1S/C17H24N2O2.ClH/c1-12(13-10-18-11-13)17(20)19-15-8-4-5-9-16(15)21-14-6-2-3-7-14;/h4-5,8-9,12-14,18H,2-3,6-7,10-11H2,1H3,(H,19,20);1H. The van der Waals surface area contributed by atoms with E-state index in [0.717, 1.165) is 37.4 Å². The van der Waals surface area contributed by atoms with Gasteiger partial charge in [-0.05, 0) is 56.8 Å². The lowest BCUT2D eigenvalue weighted by Gasteiger charge is -2.31. The van der Waals surface area contributed by atoms with Gasteiger partial charge in [-0.15, -0.1) is 12.4 Å². The predicted molar refractivity (Wildman–Crippen MR) is 90.7 cm³/mol. The SMILES string of the molecule is CC(C(=O)Nc1ccccc1OC1CCCC1)C1CNC1.Cl. The Kier molecular flexibility index (Phi) is 6.09. The Morgan fingerprint density at radius 1 is 1.27 bits per heavy atom. The number of halogens is 1. The van der Waals surface area contributed by atoms with E-state index >= 15 is 0 Å². The van der Waals surface area contributed by atoms with Gasteiger partial charge in [0, 0.05) is 5.92 Å². The minimum absolute atomic E-state index is 0. The Labute approximate surface area is 138 Å². The summed E-state index contributed by atoms with van der Waals surface area (Å²) >= 11 is 0. The molecule has 122 valence electrons. The van der Waals surface area contributed by atoms with E-state index in [0.29, 0.717) is 12.0 Å². The van der Waals surface area contributed by atoms with E-state index in [9.17, 15) is 4.79 Å². The highest BCUT2D eigenvalue weighted by Crippen LogP contribution is 2.30. The second-order valence-electron chi connectivity index (χ2n) is 6.22. The molecule has 1 atom stereocenters. The number of hydrogen-bond donors (Lipinski definition) is 2. The third kappa shape index (κ3) is 3.93. The zero-order valence-corrected chi connectivity index (χ0v) is 13.8. The zero-order valence-electron chi connectivity index (χ0n) is 13.0. The van der Waals surface area contributed by atoms with Gasteiger partial charge in [0.2, 0.25) is 5.91 Å². The first-order valence-electron chi connectivity index (χ1n) is 8.01. The molecule has 1 aliphatic carbocycles. The minimum Gasteiger partial charge on any atom is -0.488 e. The Balaban J connectivity index is 0.00000176. The summed E-state index contributed by atoms with van der Waals surface area (Å²) in [5.41, 5.74) is 0.800. The first kappa shape index (κ1) is 17.1. The van der Waals surface area contributed by atoms with Gasteiger partial charge in [0.1, 0.15) is 5.75 Å². The molecule has 1 saturated heterocycles. The number of hydrogen-bond acceptors (Lipinski definition) is 3. The lowest BCUT2D eigenvalue weighted by atomic mass is 9.88. The van der Waals surface area contributed by atoms with Crippen LogP contribution < -0.4 is 15.4 Å². The molecule has 3 rings (SSSR count). The zero-order chi connectivity index (χ0) is 14.7. The molecule has 1 aromatic carbocycles. The van der Waals surface area contributed by atoms with E-state index in [2.05, 4.69) is 10.6 Å². The molecule has 5 heteroatoms. The summed E-state index contributed by atoms with van der Waals surface area (Å²) in [6.45, 7) is 3.88. The number of amides is 1. The maximum Gasteiger partial charge on any atom is 0.227 e. The molecule has 0 aromatic heterocycles. The van der Waals surface area contributed by atoms with Gasteiger partial charge in [0.25, 0.3) is 0 Å². The summed E-state index contributed by atoms with van der Waals surface area (Å²) in [6.07, 6.45) is 5.02.